The van der Waals surface area contributed by atoms with Crippen molar-refractivity contribution in [2.24, 2.45) is 0 Å². The first-order chi connectivity index (χ1) is 9.56. The number of urea groups is 1. The van der Waals surface area contributed by atoms with E-state index in [0.29, 0.717) is 11.3 Å². The summed E-state index contributed by atoms with van der Waals surface area (Å²) in [6.45, 7) is 1.98. The predicted molar refractivity (Wildman–Crippen MR) is 69.8 cm³/mol. The topological polar surface area (TPSA) is 108 Å². The Bertz CT molecular complexity index is 546. The number of benzene rings is 1. The zero-order valence-corrected chi connectivity index (χ0v) is 10.8. The van der Waals surface area contributed by atoms with Crippen molar-refractivity contribution in [2.45, 2.75) is 13.3 Å². The summed E-state index contributed by atoms with van der Waals surface area (Å²) in [6, 6.07) is 6.87. The molecule has 1 rings (SSSR count). The Balaban J connectivity index is 2.57. The quantitative estimate of drug-likeness (QED) is 0.808. The third kappa shape index (κ3) is 4.78. The molecule has 104 valence electrons. The highest BCUT2D eigenvalue weighted by molar-refractivity contribution is 6.01. The van der Waals surface area contributed by atoms with Gasteiger partial charge in [0.05, 0.1) is 18.2 Å². The third-order valence-electron chi connectivity index (χ3n) is 2.15. The summed E-state index contributed by atoms with van der Waals surface area (Å²) in [4.78, 5) is 33.8. The number of carbonyl (C=O) groups excluding carboxylic acids is 3. The van der Waals surface area contributed by atoms with Crippen LogP contribution >= 0.6 is 0 Å². The fourth-order valence-electron chi connectivity index (χ4n) is 1.31. The summed E-state index contributed by atoms with van der Waals surface area (Å²) >= 11 is 0. The number of anilines is 1. The maximum atomic E-state index is 11.4. The van der Waals surface area contributed by atoms with E-state index >= 15 is 0 Å². The lowest BCUT2D eigenvalue weighted by atomic mass is 10.2. The third-order valence-corrected chi connectivity index (χ3v) is 2.15. The summed E-state index contributed by atoms with van der Waals surface area (Å²) in [6.07, 6.45) is -0.394. The van der Waals surface area contributed by atoms with Crippen LogP contribution < -0.4 is 10.6 Å². The number of nitrogens with zero attached hydrogens (tertiary/aromatic N) is 1. The highest BCUT2D eigenvalue weighted by Crippen LogP contribution is 2.10. The number of rotatable bonds is 4. The first-order valence-electron chi connectivity index (χ1n) is 5.81. The molecule has 0 saturated heterocycles. The minimum absolute atomic E-state index is 0.280. The van der Waals surface area contributed by atoms with E-state index in [9.17, 15) is 14.4 Å². The van der Waals surface area contributed by atoms with Gasteiger partial charge in [0.2, 0.25) is 5.91 Å². The van der Waals surface area contributed by atoms with Gasteiger partial charge in [0.25, 0.3) is 0 Å². The Labute approximate surface area is 115 Å². The van der Waals surface area contributed by atoms with Crippen molar-refractivity contribution < 1.29 is 19.1 Å². The minimum Gasteiger partial charge on any atom is -0.462 e. The normalized spacial score (nSPS) is 9.20. The zero-order chi connectivity index (χ0) is 15.0. The summed E-state index contributed by atoms with van der Waals surface area (Å²) < 4.78 is 4.81. The molecule has 1 aromatic carbocycles. The van der Waals surface area contributed by atoms with Gasteiger partial charge in [0.1, 0.15) is 6.42 Å². The van der Waals surface area contributed by atoms with Gasteiger partial charge in [-0.05, 0) is 31.2 Å². The summed E-state index contributed by atoms with van der Waals surface area (Å²) in [5.41, 5.74) is 0.763. The number of nitriles is 1. The molecular weight excluding hydrogens is 262 g/mol. The number of imide groups is 1. The molecule has 0 atom stereocenters. The fourth-order valence-corrected chi connectivity index (χ4v) is 1.31. The molecule has 0 aliphatic carbocycles. The van der Waals surface area contributed by atoms with E-state index in [2.05, 4.69) is 5.32 Å². The molecule has 3 amide bonds. The largest absolute Gasteiger partial charge is 0.462 e. The number of ether oxygens (including phenoxy) is 1. The number of nitrogens with one attached hydrogen (secondary N) is 2. The first kappa shape index (κ1) is 15.2. The second-order valence-electron chi connectivity index (χ2n) is 3.64. The van der Waals surface area contributed by atoms with Crippen molar-refractivity contribution >= 4 is 23.6 Å². The average Bonchev–Trinajstić information content (AvgIpc) is 2.39. The lowest BCUT2D eigenvalue weighted by Crippen LogP contribution is -2.33. The smallest absolute Gasteiger partial charge is 0.338 e. The summed E-state index contributed by atoms with van der Waals surface area (Å²) in [7, 11) is 0. The Morgan fingerprint density at radius 1 is 1.25 bits per heavy atom. The van der Waals surface area contributed by atoms with Crippen LogP contribution in [0.1, 0.15) is 23.7 Å². The maximum absolute atomic E-state index is 11.4. The van der Waals surface area contributed by atoms with Crippen molar-refractivity contribution in [1.29, 1.82) is 5.26 Å². The molecule has 0 aliphatic heterocycles. The van der Waals surface area contributed by atoms with E-state index in [-0.39, 0.29) is 6.61 Å². The fraction of sp³-hybridized carbons (Fsp3) is 0.231. The minimum atomic E-state index is -0.742. The standard InChI is InChI=1S/C13H13N3O4/c1-2-20-12(18)9-3-5-10(6-4-9)15-13(19)16-11(17)7-8-14/h3-6H,2,7H2,1H3,(H2,15,16,17,19). The predicted octanol–water partition coefficient (Wildman–Crippen LogP) is 1.43. The van der Waals surface area contributed by atoms with Crippen molar-refractivity contribution in [3.8, 4) is 6.07 Å². The van der Waals surface area contributed by atoms with Crippen LogP contribution in [-0.4, -0.2) is 24.5 Å². The van der Waals surface area contributed by atoms with Crippen LogP contribution in [0.15, 0.2) is 24.3 Å². The number of amides is 3. The molecule has 0 saturated carbocycles. The van der Waals surface area contributed by atoms with Gasteiger partial charge in [-0.25, -0.2) is 9.59 Å². The van der Waals surface area contributed by atoms with Gasteiger partial charge in [-0.3, -0.25) is 10.1 Å². The number of hydrogen-bond donors (Lipinski definition) is 2. The van der Waals surface area contributed by atoms with Crippen LogP contribution in [-0.2, 0) is 9.53 Å². The summed E-state index contributed by atoms with van der Waals surface area (Å²) in [5.74, 6) is -1.14. The summed E-state index contributed by atoms with van der Waals surface area (Å²) in [5, 5.41) is 12.7. The van der Waals surface area contributed by atoms with Gasteiger partial charge < -0.3 is 10.1 Å². The van der Waals surface area contributed by atoms with Crippen LogP contribution in [0.5, 0.6) is 0 Å². The van der Waals surface area contributed by atoms with E-state index < -0.39 is 24.3 Å². The molecule has 0 radical (unpaired) electrons. The van der Waals surface area contributed by atoms with E-state index in [1.54, 1.807) is 13.0 Å². The van der Waals surface area contributed by atoms with Gasteiger partial charge in [-0.1, -0.05) is 0 Å². The van der Waals surface area contributed by atoms with E-state index in [0.717, 1.165) is 0 Å². The SMILES string of the molecule is CCOC(=O)c1ccc(NC(=O)NC(=O)CC#N)cc1. The highest BCUT2D eigenvalue weighted by Gasteiger charge is 2.09. The molecule has 1 aromatic rings. The molecule has 7 nitrogen and oxygen atoms in total. The van der Waals surface area contributed by atoms with Crippen LogP contribution in [0.2, 0.25) is 0 Å². The van der Waals surface area contributed by atoms with Crippen LogP contribution in [0.4, 0.5) is 10.5 Å². The van der Waals surface area contributed by atoms with Gasteiger partial charge in [0, 0.05) is 5.69 Å². The Kier molecular flexibility index (Phi) is 5.72. The molecule has 0 aromatic heterocycles. The lowest BCUT2D eigenvalue weighted by Gasteiger charge is -2.06. The number of esters is 1. The van der Waals surface area contributed by atoms with Crippen LogP contribution in [0, 0.1) is 11.3 Å². The monoisotopic (exact) mass is 275 g/mol. The Morgan fingerprint density at radius 3 is 2.45 bits per heavy atom. The molecule has 0 bridgehead atoms. The highest BCUT2D eigenvalue weighted by atomic mass is 16.5. The number of carbonyl (C=O) groups is 3. The van der Waals surface area contributed by atoms with E-state index in [1.807, 2.05) is 5.32 Å². The van der Waals surface area contributed by atoms with Crippen LogP contribution in [0.3, 0.4) is 0 Å². The van der Waals surface area contributed by atoms with E-state index in [1.165, 1.54) is 24.3 Å². The van der Waals surface area contributed by atoms with Gasteiger partial charge >= 0.3 is 12.0 Å². The first-order valence-corrected chi connectivity index (χ1v) is 5.81. The average molecular weight is 275 g/mol. The van der Waals surface area contributed by atoms with Crippen LogP contribution in [0.25, 0.3) is 0 Å². The zero-order valence-electron chi connectivity index (χ0n) is 10.8. The Hall–Kier alpha value is -2.88. The molecule has 0 heterocycles. The van der Waals surface area contributed by atoms with Gasteiger partial charge in [0.15, 0.2) is 0 Å². The molecular formula is C13H13N3O4. The molecule has 2 N–H and O–H groups in total. The van der Waals surface area contributed by atoms with Crippen molar-refractivity contribution in [3.05, 3.63) is 29.8 Å². The van der Waals surface area contributed by atoms with Crippen molar-refractivity contribution in [1.82, 2.24) is 5.32 Å². The van der Waals surface area contributed by atoms with Gasteiger partial charge in [-0.2, -0.15) is 5.26 Å². The second kappa shape index (κ2) is 7.53. The van der Waals surface area contributed by atoms with Gasteiger partial charge in [-0.15, -0.1) is 0 Å². The second-order valence-corrected chi connectivity index (χ2v) is 3.64. The van der Waals surface area contributed by atoms with Crippen molar-refractivity contribution in [3.63, 3.8) is 0 Å². The Morgan fingerprint density at radius 2 is 1.90 bits per heavy atom. The molecule has 0 unspecified atom stereocenters. The maximum Gasteiger partial charge on any atom is 0.338 e. The lowest BCUT2D eigenvalue weighted by molar-refractivity contribution is -0.118. The molecule has 7 heteroatoms. The van der Waals surface area contributed by atoms with E-state index in [4.69, 9.17) is 10.00 Å². The number of hydrogen-bond acceptors (Lipinski definition) is 5. The molecule has 0 spiro atoms. The molecule has 0 fully saturated rings. The molecule has 0 aliphatic rings. The molecule has 20 heavy (non-hydrogen) atoms. The van der Waals surface area contributed by atoms with Crippen molar-refractivity contribution in [2.75, 3.05) is 11.9 Å².